The second-order valence-corrected chi connectivity index (χ2v) is 6.63. The number of rotatable bonds is 4. The van der Waals surface area contributed by atoms with Gasteiger partial charge in [-0.15, -0.1) is 11.3 Å². The number of halogens is 2. The third-order valence-corrected chi connectivity index (χ3v) is 4.28. The zero-order chi connectivity index (χ0) is 13.1. The molecule has 5 heteroatoms. The van der Waals surface area contributed by atoms with Crippen LogP contribution in [-0.2, 0) is 6.42 Å². The molecule has 0 bridgehead atoms. The van der Waals surface area contributed by atoms with E-state index >= 15 is 0 Å². The van der Waals surface area contributed by atoms with Crippen LogP contribution in [0.4, 0.5) is 0 Å². The zero-order valence-electron chi connectivity index (χ0n) is 9.57. The van der Waals surface area contributed by atoms with E-state index in [1.54, 1.807) is 36.6 Å². The Morgan fingerprint density at radius 1 is 1.39 bits per heavy atom. The van der Waals surface area contributed by atoms with Gasteiger partial charge in [0, 0.05) is 16.3 Å². The molecule has 94 valence electrons. The van der Waals surface area contributed by atoms with E-state index in [-0.39, 0.29) is 5.78 Å². The molecule has 2 aromatic rings. The number of benzene rings is 1. The highest BCUT2D eigenvalue weighted by Gasteiger charge is 2.14. The van der Waals surface area contributed by atoms with E-state index in [0.29, 0.717) is 22.8 Å². The predicted octanol–water partition coefficient (Wildman–Crippen LogP) is 4.60. The van der Waals surface area contributed by atoms with Crippen LogP contribution in [0.25, 0.3) is 0 Å². The van der Waals surface area contributed by atoms with Gasteiger partial charge in [-0.2, -0.15) is 0 Å². The summed E-state index contributed by atoms with van der Waals surface area (Å²) in [5.41, 5.74) is 0.523. The average molecular weight is 346 g/mol. The van der Waals surface area contributed by atoms with Crippen molar-refractivity contribution in [1.82, 2.24) is 0 Å². The van der Waals surface area contributed by atoms with Crippen molar-refractivity contribution in [2.45, 2.75) is 6.42 Å². The van der Waals surface area contributed by atoms with Crippen molar-refractivity contribution in [3.05, 3.63) is 49.6 Å². The van der Waals surface area contributed by atoms with Crippen molar-refractivity contribution in [3.63, 3.8) is 0 Å². The van der Waals surface area contributed by atoms with Crippen LogP contribution < -0.4 is 4.74 Å². The Kier molecular flexibility index (Phi) is 4.43. The van der Waals surface area contributed by atoms with Crippen LogP contribution in [0.2, 0.25) is 5.02 Å². The summed E-state index contributed by atoms with van der Waals surface area (Å²) in [4.78, 5) is 13.2. The van der Waals surface area contributed by atoms with Crippen LogP contribution >= 0.6 is 38.9 Å². The Morgan fingerprint density at radius 3 is 2.78 bits per heavy atom. The fourth-order valence-corrected chi connectivity index (χ4v) is 3.25. The van der Waals surface area contributed by atoms with Gasteiger partial charge in [0.2, 0.25) is 0 Å². The summed E-state index contributed by atoms with van der Waals surface area (Å²) in [5.74, 6) is 0.559. The lowest BCUT2D eigenvalue weighted by Gasteiger charge is -2.07. The maximum Gasteiger partial charge on any atom is 0.171 e. The van der Waals surface area contributed by atoms with Gasteiger partial charge in [-0.25, -0.2) is 0 Å². The molecule has 0 saturated carbocycles. The van der Waals surface area contributed by atoms with Crippen molar-refractivity contribution in [2.75, 3.05) is 7.11 Å². The molecule has 0 N–H and O–H groups in total. The summed E-state index contributed by atoms with van der Waals surface area (Å²) in [6, 6.07) is 8.93. The van der Waals surface area contributed by atoms with Crippen LogP contribution in [0.3, 0.4) is 0 Å². The van der Waals surface area contributed by atoms with Crippen molar-refractivity contribution < 1.29 is 9.53 Å². The summed E-state index contributed by atoms with van der Waals surface area (Å²) in [6.45, 7) is 0. The van der Waals surface area contributed by atoms with Gasteiger partial charge >= 0.3 is 0 Å². The van der Waals surface area contributed by atoms with Crippen molar-refractivity contribution >= 4 is 44.7 Å². The van der Waals surface area contributed by atoms with Crippen LogP contribution in [-0.4, -0.2) is 12.9 Å². The van der Waals surface area contributed by atoms with E-state index in [9.17, 15) is 4.79 Å². The molecular formula is C13H10BrClO2S. The van der Waals surface area contributed by atoms with Gasteiger partial charge in [0.1, 0.15) is 5.75 Å². The molecule has 0 spiro atoms. The van der Waals surface area contributed by atoms with Crippen LogP contribution in [0.15, 0.2) is 34.1 Å². The summed E-state index contributed by atoms with van der Waals surface area (Å²) < 4.78 is 6.20. The Hall–Kier alpha value is -0.840. The second kappa shape index (κ2) is 5.87. The highest BCUT2D eigenvalue weighted by atomic mass is 79.9. The molecule has 0 radical (unpaired) electrons. The lowest BCUT2D eigenvalue weighted by molar-refractivity contribution is 0.0991. The largest absolute Gasteiger partial charge is 0.496 e. The topological polar surface area (TPSA) is 26.3 Å². The van der Waals surface area contributed by atoms with Crippen LogP contribution in [0.5, 0.6) is 5.75 Å². The van der Waals surface area contributed by atoms with Gasteiger partial charge in [-0.05, 0) is 46.3 Å². The lowest BCUT2D eigenvalue weighted by atomic mass is 10.1. The summed E-state index contributed by atoms with van der Waals surface area (Å²) in [7, 11) is 1.54. The Labute approximate surface area is 123 Å². The average Bonchev–Trinajstić information content (AvgIpc) is 2.74. The lowest BCUT2D eigenvalue weighted by Crippen LogP contribution is -2.04. The molecule has 0 saturated heterocycles. The first kappa shape index (κ1) is 13.6. The zero-order valence-corrected chi connectivity index (χ0v) is 12.7. The molecule has 0 aliphatic rings. The number of ketones is 1. The first-order chi connectivity index (χ1) is 8.60. The fraction of sp³-hybridized carbons (Fsp3) is 0.154. The molecule has 0 unspecified atom stereocenters. The molecule has 18 heavy (non-hydrogen) atoms. The number of ether oxygens (including phenoxy) is 1. The third kappa shape index (κ3) is 3.13. The fourth-order valence-electron chi connectivity index (χ4n) is 1.60. The van der Waals surface area contributed by atoms with Crippen molar-refractivity contribution in [2.24, 2.45) is 0 Å². The number of hydrogen-bond donors (Lipinski definition) is 0. The van der Waals surface area contributed by atoms with E-state index in [1.807, 2.05) is 12.1 Å². The van der Waals surface area contributed by atoms with Gasteiger partial charge in [-0.1, -0.05) is 11.6 Å². The summed E-state index contributed by atoms with van der Waals surface area (Å²) in [5, 5.41) is 0.534. The quantitative estimate of drug-likeness (QED) is 0.757. The third-order valence-electron chi connectivity index (χ3n) is 2.43. The number of methoxy groups -OCH3 is 1. The van der Waals surface area contributed by atoms with E-state index < -0.39 is 0 Å². The van der Waals surface area contributed by atoms with Gasteiger partial charge in [0.05, 0.1) is 16.5 Å². The minimum Gasteiger partial charge on any atom is -0.496 e. The van der Waals surface area contributed by atoms with E-state index in [1.165, 1.54) is 0 Å². The van der Waals surface area contributed by atoms with E-state index in [0.717, 1.165) is 8.66 Å². The Balaban J connectivity index is 2.25. The molecule has 2 nitrogen and oxygen atoms in total. The van der Waals surface area contributed by atoms with Crippen molar-refractivity contribution in [1.29, 1.82) is 0 Å². The van der Waals surface area contributed by atoms with Crippen LogP contribution in [0.1, 0.15) is 15.2 Å². The molecule has 1 heterocycles. The SMILES string of the molecule is COc1ccc(Cl)cc1C(=O)Cc1ccc(Br)s1. The number of hydrogen-bond acceptors (Lipinski definition) is 3. The normalized spacial score (nSPS) is 10.4. The number of carbonyl (C=O) groups excluding carboxylic acids is 1. The number of carbonyl (C=O) groups is 1. The molecule has 0 aliphatic carbocycles. The molecule has 2 rings (SSSR count). The van der Waals surface area contributed by atoms with Crippen LogP contribution in [0, 0.1) is 0 Å². The first-order valence-corrected chi connectivity index (χ1v) is 7.20. The van der Waals surface area contributed by atoms with E-state index in [4.69, 9.17) is 16.3 Å². The van der Waals surface area contributed by atoms with Crippen molar-refractivity contribution in [3.8, 4) is 5.75 Å². The molecule has 1 aromatic carbocycles. The molecule has 0 aliphatic heterocycles. The Bertz CT molecular complexity index is 580. The molecule has 0 fully saturated rings. The second-order valence-electron chi connectivity index (χ2n) is 3.65. The maximum absolute atomic E-state index is 12.2. The molecular weight excluding hydrogens is 336 g/mol. The highest BCUT2D eigenvalue weighted by Crippen LogP contribution is 2.27. The van der Waals surface area contributed by atoms with Gasteiger partial charge < -0.3 is 4.74 Å². The smallest absolute Gasteiger partial charge is 0.171 e. The van der Waals surface area contributed by atoms with Gasteiger partial charge in [0.15, 0.2) is 5.78 Å². The monoisotopic (exact) mass is 344 g/mol. The molecule has 0 atom stereocenters. The highest BCUT2D eigenvalue weighted by molar-refractivity contribution is 9.11. The van der Waals surface area contributed by atoms with E-state index in [2.05, 4.69) is 15.9 Å². The van der Waals surface area contributed by atoms with Gasteiger partial charge in [0.25, 0.3) is 0 Å². The first-order valence-electron chi connectivity index (χ1n) is 5.21. The molecule has 1 aromatic heterocycles. The Morgan fingerprint density at radius 2 is 2.17 bits per heavy atom. The standard InChI is InChI=1S/C13H10BrClO2S/c1-17-12-4-2-8(15)6-10(12)11(16)7-9-3-5-13(14)18-9/h2-6H,7H2,1H3. The summed E-state index contributed by atoms with van der Waals surface area (Å²) >= 11 is 10.8. The molecule has 0 amide bonds. The summed E-state index contributed by atoms with van der Waals surface area (Å²) in [6.07, 6.45) is 0.354. The number of Topliss-reactive ketones (excluding diaryl/α,β-unsaturated/α-hetero) is 1. The van der Waals surface area contributed by atoms with Gasteiger partial charge in [-0.3, -0.25) is 4.79 Å². The maximum atomic E-state index is 12.2. The number of thiophene rings is 1. The predicted molar refractivity (Wildman–Crippen MR) is 78.1 cm³/mol. The minimum absolute atomic E-state index is 0.00343. The minimum atomic E-state index is 0.00343.